The maximum absolute atomic E-state index is 10.8. The molecule has 0 unspecified atom stereocenters. The molecule has 0 fully saturated rings. The number of carbonyl (C=O) groups is 1. The van der Waals surface area contributed by atoms with Gasteiger partial charge in [-0.05, 0) is 0 Å². The summed E-state index contributed by atoms with van der Waals surface area (Å²) in [4.78, 5) is 10.8. The number of ether oxygens (including phenoxy) is 1. The Morgan fingerprint density at radius 2 is 1.90 bits per heavy atom. The van der Waals surface area contributed by atoms with E-state index in [1.54, 1.807) is 24.7 Å². The molecule has 5 heteroatoms. The van der Waals surface area contributed by atoms with E-state index in [0.29, 0.717) is 13.0 Å². The number of hydrogen-bond acceptors (Lipinski definition) is 3. The summed E-state index contributed by atoms with van der Waals surface area (Å²) in [6.07, 6.45) is 0.291. The van der Waals surface area contributed by atoms with Crippen molar-refractivity contribution in [3.63, 3.8) is 0 Å². The monoisotopic (exact) mass is 480 g/mol. The number of benzene rings is 2. The second-order valence-corrected chi connectivity index (χ2v) is 6.41. The molecule has 0 amide bonds. The Labute approximate surface area is 138 Å². The third-order valence-electron chi connectivity index (χ3n) is 2.97. The third-order valence-corrected chi connectivity index (χ3v) is 3.88. The summed E-state index contributed by atoms with van der Waals surface area (Å²) in [7, 11) is 0. The number of rotatable bonds is 6. The first kappa shape index (κ1) is 15.9. The molecule has 0 radical (unpaired) electrons. The molecule has 0 aliphatic rings. The Kier molecular flexibility index (Phi) is 5.71. The summed E-state index contributed by atoms with van der Waals surface area (Å²) in [5, 5.41) is 8.84. The SMILES string of the molecule is N[C@@H](Cc1cccc(OCc2cccc([At])c2)c1)C(=O)O. The molecule has 0 saturated heterocycles. The Morgan fingerprint density at radius 3 is 2.62 bits per heavy atom. The van der Waals surface area contributed by atoms with E-state index in [2.05, 4.69) is 12.1 Å². The van der Waals surface area contributed by atoms with Crippen LogP contribution >= 0.6 is 0 Å². The van der Waals surface area contributed by atoms with Gasteiger partial charge < -0.3 is 0 Å². The van der Waals surface area contributed by atoms with Crippen LogP contribution in [0, 0.1) is 24.7 Å². The van der Waals surface area contributed by atoms with E-state index in [9.17, 15) is 4.79 Å². The van der Waals surface area contributed by atoms with Gasteiger partial charge in [-0.15, -0.1) is 0 Å². The maximum atomic E-state index is 10.8. The topological polar surface area (TPSA) is 72.5 Å². The quantitative estimate of drug-likeness (QED) is 0.656. The zero-order valence-corrected chi connectivity index (χ0v) is 14.3. The van der Waals surface area contributed by atoms with Crippen LogP contribution < -0.4 is 13.7 Å². The van der Waals surface area contributed by atoms with E-state index in [1.807, 2.05) is 36.4 Å². The van der Waals surface area contributed by atoms with Gasteiger partial charge >= 0.3 is 139 Å². The predicted molar refractivity (Wildman–Crippen MR) is 76.2 cm³/mol. The third kappa shape index (κ3) is 5.11. The first-order valence-electron chi connectivity index (χ1n) is 6.49. The normalized spacial score (nSPS) is 11.9. The van der Waals surface area contributed by atoms with Gasteiger partial charge in [0, 0.05) is 0 Å². The van der Waals surface area contributed by atoms with Crippen LogP contribution in [-0.4, -0.2) is 17.1 Å². The minimum atomic E-state index is -0.997. The van der Waals surface area contributed by atoms with Crippen molar-refractivity contribution in [3.8, 4) is 5.75 Å². The number of carboxylic acid groups (broad SMARTS) is 1. The molecule has 0 aliphatic carbocycles. The number of hydrogen-bond donors (Lipinski definition) is 2. The van der Waals surface area contributed by atoms with E-state index in [1.165, 1.54) is 3.27 Å². The summed E-state index contributed by atoms with van der Waals surface area (Å²) >= 11 is 1.63. The van der Waals surface area contributed by atoms with E-state index in [0.717, 1.165) is 16.9 Å². The Bertz CT molecular complexity index is 630. The zero-order valence-electron chi connectivity index (χ0n) is 11.3. The van der Waals surface area contributed by atoms with Crippen LogP contribution in [0.1, 0.15) is 11.1 Å². The van der Waals surface area contributed by atoms with Crippen molar-refractivity contribution in [2.75, 3.05) is 0 Å². The van der Waals surface area contributed by atoms with Gasteiger partial charge in [0.05, 0.1) is 0 Å². The van der Waals surface area contributed by atoms with Gasteiger partial charge in [-0.1, -0.05) is 0 Å². The van der Waals surface area contributed by atoms with Crippen LogP contribution in [0.4, 0.5) is 0 Å². The summed E-state index contributed by atoms with van der Waals surface area (Å²) in [5.74, 6) is -0.278. The fourth-order valence-corrected chi connectivity index (χ4v) is 2.72. The standard InChI is InChI=1S/C16H16AtNO3/c17-13-5-1-4-12(7-13)10-21-14-6-2-3-11(8-14)9-15(18)16(19)20/h1-8,15H,9-10,18H2,(H,19,20)/t15-/m0/s1. The molecule has 0 bridgehead atoms. The molecular weight excluding hydrogens is 464 g/mol. The van der Waals surface area contributed by atoms with Crippen molar-refractivity contribution in [3.05, 3.63) is 59.7 Å². The van der Waals surface area contributed by atoms with Crippen molar-refractivity contribution in [2.45, 2.75) is 19.1 Å². The van der Waals surface area contributed by atoms with Gasteiger partial charge in [0.2, 0.25) is 0 Å². The van der Waals surface area contributed by atoms with E-state index in [4.69, 9.17) is 15.6 Å². The molecule has 0 heterocycles. The van der Waals surface area contributed by atoms with Gasteiger partial charge in [-0.3, -0.25) is 0 Å². The van der Waals surface area contributed by atoms with Gasteiger partial charge in [-0.2, -0.15) is 0 Å². The molecule has 0 aliphatic heterocycles. The molecule has 1 atom stereocenters. The second-order valence-electron chi connectivity index (χ2n) is 4.71. The molecule has 4 nitrogen and oxygen atoms in total. The Balaban J connectivity index is 1.99. The van der Waals surface area contributed by atoms with Crippen LogP contribution in [0.25, 0.3) is 0 Å². The van der Waals surface area contributed by atoms with E-state index in [-0.39, 0.29) is 0 Å². The average molecular weight is 480 g/mol. The predicted octanol–water partition coefficient (Wildman–Crippen LogP) is 1.39. The molecule has 110 valence electrons. The molecule has 0 aromatic heterocycles. The summed E-state index contributed by atoms with van der Waals surface area (Å²) in [5.41, 5.74) is 7.51. The van der Waals surface area contributed by atoms with Gasteiger partial charge in [-0.25, -0.2) is 0 Å². The Hall–Kier alpha value is -1.45. The summed E-state index contributed by atoms with van der Waals surface area (Å²) < 4.78 is 7.00. The van der Waals surface area contributed by atoms with Crippen molar-refractivity contribution in [1.82, 2.24) is 0 Å². The fraction of sp³-hybridized carbons (Fsp3) is 0.188. The van der Waals surface area contributed by atoms with E-state index < -0.39 is 12.0 Å². The molecule has 0 saturated carbocycles. The van der Waals surface area contributed by atoms with Crippen molar-refractivity contribution >= 4 is 9.24 Å². The molecular formula is C16H16AtNO3. The number of nitrogens with two attached hydrogens (primary N) is 1. The average Bonchev–Trinajstić information content (AvgIpc) is 2.45. The molecule has 21 heavy (non-hydrogen) atoms. The van der Waals surface area contributed by atoms with Crippen molar-refractivity contribution in [1.29, 1.82) is 0 Å². The molecule has 2 aromatic rings. The molecule has 2 aromatic carbocycles. The fourth-order valence-electron chi connectivity index (χ4n) is 1.90. The molecule has 3 N–H and O–H groups in total. The van der Waals surface area contributed by atoms with Crippen molar-refractivity contribution < 1.29 is 39.4 Å². The number of aliphatic carboxylic acids is 1. The van der Waals surface area contributed by atoms with Gasteiger partial charge in [0.15, 0.2) is 0 Å². The number of carboxylic acids is 1. The second kappa shape index (κ2) is 7.53. The molecule has 0 spiro atoms. The van der Waals surface area contributed by atoms with Crippen LogP contribution in [0.5, 0.6) is 5.75 Å². The molecule has 2 rings (SSSR count). The Morgan fingerprint density at radius 1 is 1.19 bits per heavy atom. The zero-order chi connectivity index (χ0) is 15.2. The first-order chi connectivity index (χ1) is 10.0. The van der Waals surface area contributed by atoms with E-state index >= 15 is 0 Å². The summed E-state index contributed by atoms with van der Waals surface area (Å²) in [6, 6.07) is 14.7. The van der Waals surface area contributed by atoms with Crippen LogP contribution in [-0.2, 0) is 17.8 Å². The van der Waals surface area contributed by atoms with Crippen molar-refractivity contribution in [2.24, 2.45) is 5.73 Å². The van der Waals surface area contributed by atoms with Crippen LogP contribution in [0.2, 0.25) is 0 Å². The van der Waals surface area contributed by atoms with Gasteiger partial charge in [0.25, 0.3) is 0 Å². The minimum absolute atomic E-state index is 0.291. The van der Waals surface area contributed by atoms with Crippen LogP contribution in [0.3, 0.4) is 0 Å². The summed E-state index contributed by atoms with van der Waals surface area (Å²) in [6.45, 7) is 0.491. The first-order valence-corrected chi connectivity index (χ1v) is 7.96. The van der Waals surface area contributed by atoms with Gasteiger partial charge in [0.1, 0.15) is 0 Å². The van der Waals surface area contributed by atoms with Crippen LogP contribution in [0.15, 0.2) is 48.5 Å².